The molecule has 0 heterocycles. The Kier molecular flexibility index (Phi) is 24.4. The maximum Gasteiger partial charge on any atom is 0.331 e. The quantitative estimate of drug-likeness (QED) is 0.0680. The van der Waals surface area contributed by atoms with Crippen LogP contribution in [0, 0.1) is 0 Å². The van der Waals surface area contributed by atoms with Crippen molar-refractivity contribution in [3.63, 3.8) is 0 Å². The molecular weight excluding hydrogens is 400 g/mol. The summed E-state index contributed by atoms with van der Waals surface area (Å²) in [4.78, 5) is 23.2. The smallest absolute Gasteiger partial charge is 0.331 e. The van der Waals surface area contributed by atoms with Gasteiger partial charge in [-0.15, -0.1) is 0 Å². The molecule has 0 aromatic rings. The van der Waals surface area contributed by atoms with Gasteiger partial charge in [-0.25, -0.2) is 9.59 Å². The molecule has 0 saturated carbocycles. The van der Waals surface area contributed by atoms with E-state index in [0.29, 0.717) is 19.6 Å². The normalized spacial score (nSPS) is 11.4. The summed E-state index contributed by atoms with van der Waals surface area (Å²) in [5, 5.41) is 0. The van der Waals surface area contributed by atoms with E-state index in [1.807, 2.05) is 0 Å². The molecule has 0 atom stereocenters. The van der Waals surface area contributed by atoms with E-state index in [4.69, 9.17) is 9.47 Å². The molecule has 186 valence electrons. The molecule has 0 bridgehead atoms. The zero-order valence-electron chi connectivity index (χ0n) is 21.1. The summed E-state index contributed by atoms with van der Waals surface area (Å²) in [5.74, 6) is -0.972. The number of hydrogen-bond acceptors (Lipinski definition) is 4. The average Bonchev–Trinajstić information content (AvgIpc) is 2.79. The topological polar surface area (TPSA) is 52.6 Å². The first kappa shape index (κ1) is 30.4. The fraction of sp³-hybridized carbons (Fsp3) is 0.786. The molecular formula is C28H50O4. The highest BCUT2D eigenvalue weighted by Gasteiger charge is 2.01. The lowest BCUT2D eigenvalue weighted by molar-refractivity contribution is -0.140. The fourth-order valence-corrected chi connectivity index (χ4v) is 3.50. The van der Waals surface area contributed by atoms with E-state index in [-0.39, 0.29) is 0 Å². The Balaban J connectivity index is 3.47. The van der Waals surface area contributed by atoms with Gasteiger partial charge in [-0.3, -0.25) is 0 Å². The first-order chi connectivity index (χ1) is 15.7. The third-order valence-electron chi connectivity index (χ3n) is 5.52. The highest BCUT2D eigenvalue weighted by Crippen LogP contribution is 2.10. The highest BCUT2D eigenvalue weighted by atomic mass is 16.5. The number of esters is 2. The largest absolute Gasteiger partial charge is 0.463 e. The van der Waals surface area contributed by atoms with Crippen LogP contribution in [0.15, 0.2) is 24.3 Å². The van der Waals surface area contributed by atoms with Gasteiger partial charge in [0.25, 0.3) is 0 Å². The van der Waals surface area contributed by atoms with Gasteiger partial charge in [0.1, 0.15) is 0 Å². The number of carbonyl (C=O) groups is 2. The molecule has 0 amide bonds. The lowest BCUT2D eigenvalue weighted by Crippen LogP contribution is -2.06. The number of ether oxygens (including phenoxy) is 2. The Morgan fingerprint density at radius 1 is 0.500 bits per heavy atom. The predicted octanol–water partition coefficient (Wildman–Crippen LogP) is 8.25. The monoisotopic (exact) mass is 450 g/mol. The van der Waals surface area contributed by atoms with E-state index in [1.54, 1.807) is 0 Å². The van der Waals surface area contributed by atoms with Crippen LogP contribution in [0.1, 0.15) is 129 Å². The van der Waals surface area contributed by atoms with E-state index in [1.165, 1.54) is 89.9 Å². The number of unbranched alkanes of at least 4 members (excludes halogenated alkanes) is 15. The van der Waals surface area contributed by atoms with Gasteiger partial charge in [-0.2, -0.15) is 0 Å². The average molecular weight is 451 g/mol. The predicted molar refractivity (Wildman–Crippen MR) is 135 cm³/mol. The summed E-state index contributed by atoms with van der Waals surface area (Å²) in [6, 6.07) is 0. The molecule has 0 unspecified atom stereocenters. The third kappa shape index (κ3) is 24.7. The number of hydrogen-bond donors (Lipinski definition) is 0. The summed E-state index contributed by atoms with van der Waals surface area (Å²) in [6.45, 7) is 5.22. The van der Waals surface area contributed by atoms with Crippen LogP contribution in [-0.4, -0.2) is 25.2 Å². The third-order valence-corrected chi connectivity index (χ3v) is 5.52. The van der Waals surface area contributed by atoms with Crippen LogP contribution in [0.5, 0.6) is 0 Å². The first-order valence-electron chi connectivity index (χ1n) is 13.4. The zero-order valence-corrected chi connectivity index (χ0v) is 21.1. The van der Waals surface area contributed by atoms with Gasteiger partial charge < -0.3 is 9.47 Å². The molecule has 4 heteroatoms. The van der Waals surface area contributed by atoms with Crippen molar-refractivity contribution in [3.8, 4) is 0 Å². The Morgan fingerprint density at radius 3 is 1.44 bits per heavy atom. The van der Waals surface area contributed by atoms with Crippen molar-refractivity contribution in [2.45, 2.75) is 129 Å². The molecule has 0 aliphatic rings. The molecule has 0 spiro atoms. The number of allylic oxidation sites excluding steroid dienone is 1. The zero-order chi connectivity index (χ0) is 23.5. The minimum atomic E-state index is -0.495. The SMILES string of the molecule is CCCCCCCCCC/C=C/CCOC(=O)/C=C/C(=O)OCCCCCCCCCC. The second kappa shape index (κ2) is 25.7. The lowest BCUT2D eigenvalue weighted by Gasteiger charge is -2.03. The molecule has 0 rings (SSSR count). The highest BCUT2D eigenvalue weighted by molar-refractivity contribution is 5.91. The summed E-state index contributed by atoms with van der Waals surface area (Å²) in [7, 11) is 0. The molecule has 4 nitrogen and oxygen atoms in total. The Bertz CT molecular complexity index is 482. The van der Waals surface area contributed by atoms with Crippen molar-refractivity contribution in [2.75, 3.05) is 13.2 Å². The number of rotatable bonds is 23. The molecule has 0 aliphatic heterocycles. The van der Waals surface area contributed by atoms with E-state index >= 15 is 0 Å². The molecule has 32 heavy (non-hydrogen) atoms. The van der Waals surface area contributed by atoms with Crippen LogP contribution < -0.4 is 0 Å². The summed E-state index contributed by atoms with van der Waals surface area (Å²) < 4.78 is 10.2. The van der Waals surface area contributed by atoms with Crippen molar-refractivity contribution in [3.05, 3.63) is 24.3 Å². The summed E-state index contributed by atoms with van der Waals surface area (Å²) in [6.07, 6.45) is 28.6. The fourth-order valence-electron chi connectivity index (χ4n) is 3.50. The van der Waals surface area contributed by atoms with E-state index < -0.39 is 11.9 Å². The summed E-state index contributed by atoms with van der Waals surface area (Å²) in [5.41, 5.74) is 0. The van der Waals surface area contributed by atoms with Crippen LogP contribution in [0.3, 0.4) is 0 Å². The maximum atomic E-state index is 11.6. The van der Waals surface area contributed by atoms with Gasteiger partial charge >= 0.3 is 11.9 Å². The van der Waals surface area contributed by atoms with E-state index in [9.17, 15) is 9.59 Å². The standard InChI is InChI=1S/C28H50O4/c1-3-5-7-9-11-13-14-15-16-18-20-22-26-32-28(30)24-23-27(29)31-25-21-19-17-12-10-8-6-4-2/h18,20,23-24H,3-17,19,21-22,25-26H2,1-2H3/b20-18+,24-23+. The minimum Gasteiger partial charge on any atom is -0.463 e. The van der Waals surface area contributed by atoms with Gasteiger partial charge in [0.15, 0.2) is 0 Å². The second-order valence-corrected chi connectivity index (χ2v) is 8.67. The van der Waals surface area contributed by atoms with Crippen molar-refractivity contribution in [2.24, 2.45) is 0 Å². The molecule has 0 aliphatic carbocycles. The molecule has 0 aromatic heterocycles. The molecule has 0 radical (unpaired) electrons. The summed E-state index contributed by atoms with van der Waals surface area (Å²) >= 11 is 0. The van der Waals surface area contributed by atoms with Crippen LogP contribution in [0.25, 0.3) is 0 Å². The van der Waals surface area contributed by atoms with Crippen LogP contribution in [0.4, 0.5) is 0 Å². The maximum absolute atomic E-state index is 11.6. The van der Waals surface area contributed by atoms with Gasteiger partial charge in [-0.05, 0) is 25.7 Å². The Morgan fingerprint density at radius 2 is 0.906 bits per heavy atom. The second-order valence-electron chi connectivity index (χ2n) is 8.67. The molecule has 0 saturated heterocycles. The van der Waals surface area contributed by atoms with Crippen molar-refractivity contribution >= 4 is 11.9 Å². The van der Waals surface area contributed by atoms with Gasteiger partial charge in [0.05, 0.1) is 13.2 Å². The van der Waals surface area contributed by atoms with Crippen LogP contribution >= 0.6 is 0 Å². The Labute approximate surface area is 198 Å². The molecule has 0 N–H and O–H groups in total. The van der Waals surface area contributed by atoms with Gasteiger partial charge in [0, 0.05) is 12.2 Å². The van der Waals surface area contributed by atoms with Gasteiger partial charge in [-0.1, -0.05) is 116 Å². The van der Waals surface area contributed by atoms with Crippen molar-refractivity contribution < 1.29 is 19.1 Å². The van der Waals surface area contributed by atoms with Crippen molar-refractivity contribution in [1.82, 2.24) is 0 Å². The lowest BCUT2D eigenvalue weighted by atomic mass is 10.1. The Hall–Kier alpha value is -1.58. The molecule has 0 fully saturated rings. The van der Waals surface area contributed by atoms with Gasteiger partial charge in [0.2, 0.25) is 0 Å². The first-order valence-corrected chi connectivity index (χ1v) is 13.4. The van der Waals surface area contributed by atoms with E-state index in [2.05, 4.69) is 26.0 Å². The number of carbonyl (C=O) groups excluding carboxylic acids is 2. The minimum absolute atomic E-state index is 0.338. The van der Waals surface area contributed by atoms with E-state index in [0.717, 1.165) is 31.4 Å². The van der Waals surface area contributed by atoms with Crippen LogP contribution in [0.2, 0.25) is 0 Å². The molecule has 0 aromatic carbocycles. The van der Waals surface area contributed by atoms with Crippen molar-refractivity contribution in [1.29, 1.82) is 0 Å². The van der Waals surface area contributed by atoms with Crippen LogP contribution in [-0.2, 0) is 19.1 Å².